The minimum absolute atomic E-state index is 0.0825. The fraction of sp³-hybridized carbons (Fsp3) is 0.294. The molecule has 0 unspecified atom stereocenters. The van der Waals surface area contributed by atoms with E-state index < -0.39 is 0 Å². The third-order valence-corrected chi connectivity index (χ3v) is 5.14. The van der Waals surface area contributed by atoms with Gasteiger partial charge in [-0.2, -0.15) is 0 Å². The van der Waals surface area contributed by atoms with Crippen LogP contribution in [-0.2, 0) is 0 Å². The van der Waals surface area contributed by atoms with E-state index in [-0.39, 0.29) is 5.82 Å². The molecule has 1 heterocycles. The lowest BCUT2D eigenvalue weighted by molar-refractivity contribution is 0.439. The highest BCUT2D eigenvalue weighted by Gasteiger charge is 2.22. The van der Waals surface area contributed by atoms with Crippen molar-refractivity contribution in [3.63, 3.8) is 0 Å². The molecule has 3 rings (SSSR count). The number of halogens is 2. The Morgan fingerprint density at radius 2 is 1.76 bits per heavy atom. The summed E-state index contributed by atoms with van der Waals surface area (Å²) in [7, 11) is 0. The second kappa shape index (κ2) is 6.82. The maximum atomic E-state index is 14.3. The topological polar surface area (TPSA) is 12.0 Å². The summed E-state index contributed by atoms with van der Waals surface area (Å²) >= 11 is 7.53. The van der Waals surface area contributed by atoms with E-state index in [1.165, 1.54) is 0 Å². The van der Waals surface area contributed by atoms with Gasteiger partial charge in [-0.15, -0.1) is 0 Å². The van der Waals surface area contributed by atoms with E-state index in [9.17, 15) is 4.39 Å². The SMILES string of the molecule is Fc1cccc(Sc2ccc(Cl)cc2)c1C1CCNCC1. The molecule has 1 aliphatic rings. The first-order valence-corrected chi connectivity index (χ1v) is 8.36. The summed E-state index contributed by atoms with van der Waals surface area (Å²) in [4.78, 5) is 2.10. The van der Waals surface area contributed by atoms with Crippen LogP contribution in [0.1, 0.15) is 24.3 Å². The molecule has 0 spiro atoms. The van der Waals surface area contributed by atoms with Crippen molar-refractivity contribution < 1.29 is 4.39 Å². The van der Waals surface area contributed by atoms with E-state index in [2.05, 4.69) is 5.32 Å². The Labute approximate surface area is 133 Å². The van der Waals surface area contributed by atoms with Crippen LogP contribution in [0.15, 0.2) is 52.3 Å². The third kappa shape index (κ3) is 3.60. The van der Waals surface area contributed by atoms with Gasteiger partial charge in [-0.1, -0.05) is 29.4 Å². The summed E-state index contributed by atoms with van der Waals surface area (Å²) in [6.07, 6.45) is 1.99. The number of nitrogens with one attached hydrogen (secondary N) is 1. The molecule has 0 bridgehead atoms. The zero-order valence-electron chi connectivity index (χ0n) is 11.6. The average Bonchev–Trinajstić information content (AvgIpc) is 2.51. The molecule has 110 valence electrons. The minimum atomic E-state index is -0.0825. The normalized spacial score (nSPS) is 16.1. The Morgan fingerprint density at radius 3 is 2.48 bits per heavy atom. The highest BCUT2D eigenvalue weighted by molar-refractivity contribution is 7.99. The van der Waals surface area contributed by atoms with E-state index in [1.54, 1.807) is 23.9 Å². The van der Waals surface area contributed by atoms with Crippen LogP contribution in [-0.4, -0.2) is 13.1 Å². The van der Waals surface area contributed by atoms with E-state index in [4.69, 9.17) is 11.6 Å². The van der Waals surface area contributed by atoms with Gasteiger partial charge >= 0.3 is 0 Å². The van der Waals surface area contributed by atoms with Gasteiger partial charge in [-0.25, -0.2) is 4.39 Å². The zero-order chi connectivity index (χ0) is 14.7. The van der Waals surface area contributed by atoms with Gasteiger partial charge in [0.15, 0.2) is 0 Å². The Balaban J connectivity index is 1.90. The van der Waals surface area contributed by atoms with Gasteiger partial charge in [0.2, 0.25) is 0 Å². The van der Waals surface area contributed by atoms with Crippen molar-refractivity contribution in [2.45, 2.75) is 28.6 Å². The van der Waals surface area contributed by atoms with Crippen molar-refractivity contribution in [1.82, 2.24) is 5.32 Å². The predicted octanol–water partition coefficient (Wildman–Crippen LogP) is 5.10. The molecule has 0 aliphatic carbocycles. The first kappa shape index (κ1) is 14.9. The van der Waals surface area contributed by atoms with Gasteiger partial charge in [0.25, 0.3) is 0 Å². The molecule has 2 aromatic rings. The summed E-state index contributed by atoms with van der Waals surface area (Å²) in [6.45, 7) is 1.92. The van der Waals surface area contributed by atoms with Crippen molar-refractivity contribution in [1.29, 1.82) is 0 Å². The largest absolute Gasteiger partial charge is 0.317 e. The van der Waals surface area contributed by atoms with E-state index >= 15 is 0 Å². The van der Waals surface area contributed by atoms with Crippen LogP contribution < -0.4 is 5.32 Å². The Hall–Kier alpha value is -1.03. The number of benzene rings is 2. The second-order valence-corrected chi connectivity index (χ2v) is 6.78. The molecule has 1 aliphatic heterocycles. The lowest BCUT2D eigenvalue weighted by Gasteiger charge is -2.25. The smallest absolute Gasteiger partial charge is 0.127 e. The quantitative estimate of drug-likeness (QED) is 0.844. The Morgan fingerprint density at radius 1 is 1.05 bits per heavy atom. The van der Waals surface area contributed by atoms with Gasteiger partial charge in [0, 0.05) is 20.4 Å². The summed E-state index contributed by atoms with van der Waals surface area (Å²) in [5, 5.41) is 4.06. The predicted molar refractivity (Wildman–Crippen MR) is 86.8 cm³/mol. The van der Waals surface area contributed by atoms with Crippen molar-refractivity contribution in [2.75, 3.05) is 13.1 Å². The number of piperidine rings is 1. The molecular formula is C17H17ClFNS. The highest BCUT2D eigenvalue weighted by Crippen LogP contribution is 2.38. The first-order chi connectivity index (χ1) is 10.2. The van der Waals surface area contributed by atoms with Crippen LogP contribution in [0.3, 0.4) is 0 Å². The Bertz CT molecular complexity index is 609. The zero-order valence-corrected chi connectivity index (χ0v) is 13.2. The van der Waals surface area contributed by atoms with Crippen molar-refractivity contribution in [3.05, 3.63) is 58.9 Å². The van der Waals surface area contributed by atoms with Gasteiger partial charge in [-0.05, 0) is 68.2 Å². The summed E-state index contributed by atoms with van der Waals surface area (Å²) in [5.41, 5.74) is 0.874. The molecule has 1 N–H and O–H groups in total. The molecule has 4 heteroatoms. The standard InChI is InChI=1S/C17H17ClFNS/c18-13-4-6-14(7-5-13)21-16-3-1-2-15(19)17(16)12-8-10-20-11-9-12/h1-7,12,20H,8-11H2. The Kier molecular flexibility index (Phi) is 4.84. The third-order valence-electron chi connectivity index (χ3n) is 3.80. The van der Waals surface area contributed by atoms with Crippen LogP contribution in [0.5, 0.6) is 0 Å². The maximum Gasteiger partial charge on any atom is 0.127 e. The molecule has 0 atom stereocenters. The molecule has 2 aromatic carbocycles. The first-order valence-electron chi connectivity index (χ1n) is 7.16. The molecule has 0 radical (unpaired) electrons. The molecule has 1 saturated heterocycles. The van der Waals surface area contributed by atoms with E-state index in [1.807, 2.05) is 30.3 Å². The van der Waals surface area contributed by atoms with Crippen LogP contribution in [0.25, 0.3) is 0 Å². The van der Waals surface area contributed by atoms with Gasteiger partial charge in [0.05, 0.1) is 0 Å². The number of hydrogen-bond donors (Lipinski definition) is 1. The van der Waals surface area contributed by atoms with Gasteiger partial charge in [0.1, 0.15) is 5.82 Å². The van der Waals surface area contributed by atoms with E-state index in [0.717, 1.165) is 46.3 Å². The lowest BCUT2D eigenvalue weighted by atomic mass is 9.90. The average molecular weight is 322 g/mol. The molecular weight excluding hydrogens is 305 g/mol. The summed E-state index contributed by atoms with van der Waals surface area (Å²) in [5.74, 6) is 0.225. The maximum absolute atomic E-state index is 14.3. The fourth-order valence-electron chi connectivity index (χ4n) is 2.74. The van der Waals surface area contributed by atoms with Crippen LogP contribution >= 0.6 is 23.4 Å². The molecule has 21 heavy (non-hydrogen) atoms. The fourth-order valence-corrected chi connectivity index (χ4v) is 3.92. The van der Waals surface area contributed by atoms with Crippen molar-refractivity contribution in [2.24, 2.45) is 0 Å². The van der Waals surface area contributed by atoms with Crippen molar-refractivity contribution >= 4 is 23.4 Å². The van der Waals surface area contributed by atoms with Gasteiger partial charge in [-0.3, -0.25) is 0 Å². The number of hydrogen-bond acceptors (Lipinski definition) is 2. The van der Waals surface area contributed by atoms with Crippen LogP contribution in [0.2, 0.25) is 5.02 Å². The lowest BCUT2D eigenvalue weighted by Crippen LogP contribution is -2.27. The molecule has 0 amide bonds. The van der Waals surface area contributed by atoms with Crippen molar-refractivity contribution in [3.8, 4) is 0 Å². The summed E-state index contributed by atoms with van der Waals surface area (Å²) < 4.78 is 14.3. The van der Waals surface area contributed by atoms with Crippen LogP contribution in [0, 0.1) is 5.82 Å². The molecule has 1 fully saturated rings. The highest BCUT2D eigenvalue weighted by atomic mass is 35.5. The molecule has 0 aromatic heterocycles. The minimum Gasteiger partial charge on any atom is -0.317 e. The van der Waals surface area contributed by atoms with Gasteiger partial charge < -0.3 is 5.32 Å². The second-order valence-electron chi connectivity index (χ2n) is 5.23. The monoisotopic (exact) mass is 321 g/mol. The summed E-state index contributed by atoms with van der Waals surface area (Å²) in [6, 6.07) is 13.1. The molecule has 0 saturated carbocycles. The van der Waals surface area contributed by atoms with Crippen LogP contribution in [0.4, 0.5) is 4.39 Å². The molecule has 1 nitrogen and oxygen atoms in total. The number of rotatable bonds is 3. The van der Waals surface area contributed by atoms with E-state index in [0.29, 0.717) is 5.92 Å².